The summed E-state index contributed by atoms with van der Waals surface area (Å²) in [5, 5.41) is 14.7. The minimum absolute atomic E-state index is 0.212. The summed E-state index contributed by atoms with van der Waals surface area (Å²) in [6, 6.07) is 9.16. The molecule has 2 aromatic rings. The Labute approximate surface area is 236 Å². The second-order valence-electron chi connectivity index (χ2n) is 9.16. The van der Waals surface area contributed by atoms with E-state index in [4.69, 9.17) is 21.9 Å². The van der Waals surface area contributed by atoms with Crippen LogP contribution in [-0.4, -0.2) is 73.5 Å². The first kappa shape index (κ1) is 33.7. The predicted molar refractivity (Wildman–Crippen MR) is 149 cm³/mol. The van der Waals surface area contributed by atoms with Gasteiger partial charge in [-0.3, -0.25) is 14.4 Å². The van der Waals surface area contributed by atoms with Gasteiger partial charge in [0.15, 0.2) is 0 Å². The zero-order valence-corrected chi connectivity index (χ0v) is 22.7. The Bertz CT molecular complexity index is 1160. The summed E-state index contributed by atoms with van der Waals surface area (Å²) in [6.45, 7) is 3.11. The lowest BCUT2D eigenvalue weighted by atomic mass is 9.79. The van der Waals surface area contributed by atoms with Gasteiger partial charge in [-0.15, -0.1) is 0 Å². The average Bonchev–Trinajstić information content (AvgIpc) is 3.31. The number of nitrogens with one attached hydrogen (secondary N) is 2. The van der Waals surface area contributed by atoms with Crippen LogP contribution in [-0.2, 0) is 38.2 Å². The zero-order chi connectivity index (χ0) is 30.6. The summed E-state index contributed by atoms with van der Waals surface area (Å²) in [5.74, 6) is -1.42. The molecule has 0 saturated heterocycles. The Kier molecular flexibility index (Phi) is 13.2. The van der Waals surface area contributed by atoms with Crippen molar-refractivity contribution in [2.45, 2.75) is 38.6 Å². The Morgan fingerprint density at radius 2 is 1.73 bits per heavy atom. The third-order valence-electron chi connectivity index (χ3n) is 6.09. The SMILES string of the molecule is CCc1ccc(C(F)(F)F)cc1.NCCN(CCN)C(=O)CC(N)C(=O)NCC(=O)Nc1ccc2c(c1)B(O)OC2. The number of carbonyl (C=O) groups is 3. The molecule has 15 heteroatoms. The van der Waals surface area contributed by atoms with Gasteiger partial charge in [-0.25, -0.2) is 0 Å². The van der Waals surface area contributed by atoms with E-state index in [0.717, 1.165) is 29.7 Å². The van der Waals surface area contributed by atoms with E-state index < -0.39 is 36.7 Å². The van der Waals surface area contributed by atoms with Gasteiger partial charge in [-0.2, -0.15) is 13.2 Å². The zero-order valence-electron chi connectivity index (χ0n) is 22.7. The van der Waals surface area contributed by atoms with Gasteiger partial charge < -0.3 is 42.4 Å². The van der Waals surface area contributed by atoms with E-state index in [2.05, 4.69) is 10.6 Å². The first-order valence-electron chi connectivity index (χ1n) is 13.0. The van der Waals surface area contributed by atoms with Crippen LogP contribution in [0.3, 0.4) is 0 Å². The smallest absolute Gasteiger partial charge is 0.423 e. The van der Waals surface area contributed by atoms with Gasteiger partial charge in [-0.05, 0) is 47.3 Å². The monoisotopic (exact) mass is 580 g/mol. The maximum atomic E-state index is 12.2. The number of alkyl halides is 3. The molecular formula is C26H36BF3N6O5. The van der Waals surface area contributed by atoms with E-state index >= 15 is 0 Å². The van der Waals surface area contributed by atoms with Crippen molar-refractivity contribution in [2.75, 3.05) is 38.0 Å². The normalized spacial score (nSPS) is 13.0. The quantitative estimate of drug-likeness (QED) is 0.196. The summed E-state index contributed by atoms with van der Waals surface area (Å²) >= 11 is 0. The molecule has 2 aromatic carbocycles. The van der Waals surface area contributed by atoms with Gasteiger partial charge in [0.05, 0.1) is 31.2 Å². The summed E-state index contributed by atoms with van der Waals surface area (Å²) in [5.41, 5.74) is 18.9. The van der Waals surface area contributed by atoms with E-state index in [1.54, 1.807) is 18.2 Å². The van der Waals surface area contributed by atoms with Crippen molar-refractivity contribution in [1.29, 1.82) is 0 Å². The molecule has 1 aliphatic heterocycles. The molecule has 1 aliphatic rings. The molecule has 0 radical (unpaired) electrons. The summed E-state index contributed by atoms with van der Waals surface area (Å²) in [6.07, 6.45) is -3.67. The van der Waals surface area contributed by atoms with E-state index in [-0.39, 0.29) is 32.0 Å². The predicted octanol–water partition coefficient (Wildman–Crippen LogP) is -0.310. The second-order valence-corrected chi connectivity index (χ2v) is 9.16. The first-order chi connectivity index (χ1) is 19.4. The van der Waals surface area contributed by atoms with E-state index in [1.807, 2.05) is 6.92 Å². The number of hydrogen-bond donors (Lipinski definition) is 6. The van der Waals surface area contributed by atoms with Gasteiger partial charge >= 0.3 is 13.3 Å². The van der Waals surface area contributed by atoms with Crippen molar-refractivity contribution in [3.05, 3.63) is 59.2 Å². The standard InChI is InChI=1S/C17H27BN6O5.C9H9F3/c19-3-5-24(6-4-20)16(26)8-14(21)17(27)22-9-15(25)23-12-2-1-11-10-29-18(28)13(11)7-12;1-2-7-3-5-8(6-4-7)9(10,11)12/h1-2,7,14,28H,3-6,8-10,19-21H2,(H,22,27)(H,23,25);3-6H,2H2,1H3. The molecule has 9 N–H and O–H groups in total. The lowest BCUT2D eigenvalue weighted by Gasteiger charge is -2.22. The summed E-state index contributed by atoms with van der Waals surface area (Å²) in [7, 11) is -1.02. The fourth-order valence-corrected chi connectivity index (χ4v) is 3.81. The molecule has 3 amide bonds. The van der Waals surface area contributed by atoms with Crippen LogP contribution in [0.4, 0.5) is 18.9 Å². The maximum absolute atomic E-state index is 12.2. The number of rotatable bonds is 11. The highest BCUT2D eigenvalue weighted by Crippen LogP contribution is 2.29. The lowest BCUT2D eigenvalue weighted by Crippen LogP contribution is -2.47. The number of hydrogen-bond acceptors (Lipinski definition) is 8. The number of carbonyl (C=O) groups excluding carboxylic acids is 3. The van der Waals surface area contributed by atoms with Crippen LogP contribution < -0.4 is 33.3 Å². The minimum Gasteiger partial charge on any atom is -0.423 e. The molecule has 11 nitrogen and oxygen atoms in total. The van der Waals surface area contributed by atoms with Crippen LogP contribution in [0.25, 0.3) is 0 Å². The number of fused-ring (bicyclic) bond motifs is 1. The minimum atomic E-state index is -4.22. The van der Waals surface area contributed by atoms with Gasteiger partial charge in [-0.1, -0.05) is 25.1 Å². The molecule has 0 fully saturated rings. The van der Waals surface area contributed by atoms with E-state index in [9.17, 15) is 32.6 Å². The van der Waals surface area contributed by atoms with Crippen LogP contribution in [0.1, 0.15) is 30.0 Å². The molecule has 3 rings (SSSR count). The molecule has 1 atom stereocenters. The molecule has 224 valence electrons. The summed E-state index contributed by atoms with van der Waals surface area (Å²) in [4.78, 5) is 37.8. The molecule has 1 heterocycles. The van der Waals surface area contributed by atoms with Crippen LogP contribution in [0, 0.1) is 0 Å². The highest BCUT2D eigenvalue weighted by molar-refractivity contribution is 6.61. The first-order valence-corrected chi connectivity index (χ1v) is 13.0. The molecule has 1 unspecified atom stereocenters. The van der Waals surface area contributed by atoms with E-state index in [0.29, 0.717) is 30.8 Å². The molecule has 0 aromatic heterocycles. The topological polar surface area (TPSA) is 186 Å². The third kappa shape index (κ3) is 10.8. The van der Waals surface area contributed by atoms with Gasteiger partial charge in [0.2, 0.25) is 17.7 Å². The fourth-order valence-electron chi connectivity index (χ4n) is 3.81. The molecule has 0 saturated carbocycles. The maximum Gasteiger partial charge on any atom is 0.491 e. The molecule has 0 bridgehead atoms. The largest absolute Gasteiger partial charge is 0.491 e. The number of nitrogens with two attached hydrogens (primary N) is 3. The number of nitrogens with zero attached hydrogens (tertiary/aromatic N) is 1. The van der Waals surface area contributed by atoms with Gasteiger partial charge in [0.1, 0.15) is 0 Å². The Morgan fingerprint density at radius 1 is 1.10 bits per heavy atom. The Hall–Kier alpha value is -3.50. The van der Waals surface area contributed by atoms with Gasteiger partial charge in [0, 0.05) is 31.9 Å². The Morgan fingerprint density at radius 3 is 2.29 bits per heavy atom. The number of anilines is 1. The van der Waals surface area contributed by atoms with Crippen molar-refractivity contribution in [3.63, 3.8) is 0 Å². The highest BCUT2D eigenvalue weighted by Gasteiger charge is 2.30. The van der Waals surface area contributed by atoms with Crippen LogP contribution in [0.2, 0.25) is 0 Å². The van der Waals surface area contributed by atoms with Crippen LogP contribution in [0.15, 0.2) is 42.5 Å². The Balaban J connectivity index is 0.000000408. The van der Waals surface area contributed by atoms with Crippen LogP contribution in [0.5, 0.6) is 0 Å². The fraction of sp³-hybridized carbons (Fsp3) is 0.423. The number of halogens is 3. The highest BCUT2D eigenvalue weighted by atomic mass is 19.4. The number of amides is 3. The van der Waals surface area contributed by atoms with Crippen molar-refractivity contribution in [3.8, 4) is 0 Å². The lowest BCUT2D eigenvalue weighted by molar-refractivity contribution is -0.137. The van der Waals surface area contributed by atoms with Crippen LogP contribution >= 0.6 is 0 Å². The number of aryl methyl sites for hydroxylation is 1. The second kappa shape index (κ2) is 16.1. The summed E-state index contributed by atoms with van der Waals surface area (Å²) < 4.78 is 41.2. The van der Waals surface area contributed by atoms with Gasteiger partial charge in [0.25, 0.3) is 0 Å². The van der Waals surface area contributed by atoms with Crippen molar-refractivity contribution in [2.24, 2.45) is 17.2 Å². The van der Waals surface area contributed by atoms with E-state index in [1.165, 1.54) is 17.0 Å². The van der Waals surface area contributed by atoms with Crippen molar-refractivity contribution >= 4 is 36.0 Å². The average molecular weight is 580 g/mol. The van der Waals surface area contributed by atoms with Crippen molar-refractivity contribution < 1.29 is 37.2 Å². The molecule has 0 aliphatic carbocycles. The molecular weight excluding hydrogens is 544 g/mol. The van der Waals surface area contributed by atoms with Crippen molar-refractivity contribution in [1.82, 2.24) is 10.2 Å². The number of benzene rings is 2. The molecule has 0 spiro atoms. The molecule has 41 heavy (non-hydrogen) atoms. The third-order valence-corrected chi connectivity index (χ3v) is 6.09.